The summed E-state index contributed by atoms with van der Waals surface area (Å²) >= 11 is 0. The summed E-state index contributed by atoms with van der Waals surface area (Å²) in [7, 11) is 0. The molecule has 0 spiro atoms. The number of ether oxygens (including phenoxy) is 1. The summed E-state index contributed by atoms with van der Waals surface area (Å²) in [6, 6.07) is 5.40. The number of piperidine rings is 1. The Hall–Kier alpha value is -3.34. The number of imidazole rings is 1. The van der Waals surface area contributed by atoms with Crippen LogP contribution in [0.2, 0.25) is 0 Å². The number of aromatic nitrogens is 3. The highest BCUT2D eigenvalue weighted by Gasteiger charge is 2.68. The van der Waals surface area contributed by atoms with E-state index < -0.39 is 12.1 Å². The Bertz CT molecular complexity index is 1310. The number of nitrogens with one attached hydrogen (secondary N) is 1. The number of hydrogen-bond acceptors (Lipinski definition) is 6. The molecule has 4 aliphatic rings. The molecule has 4 fully saturated rings. The largest absolute Gasteiger partial charge is 0.573 e. The monoisotopic (exact) mass is 486 g/mol. The second-order valence-corrected chi connectivity index (χ2v) is 10.2. The van der Waals surface area contributed by atoms with Crippen LogP contribution in [0.4, 0.5) is 18.9 Å². The Kier molecular flexibility index (Phi) is 4.64. The van der Waals surface area contributed by atoms with Gasteiger partial charge in [0.2, 0.25) is 0 Å². The number of carbonyl (C=O) groups is 1. The van der Waals surface area contributed by atoms with Crippen LogP contribution in [0.1, 0.15) is 59.8 Å². The standard InChI is InChI=1S/C24H25F3N6O2/c25-24(26,27)35-14-1-2-16(17(28)9-14)20(34)33-7-4-13(5-8-33)15-3-6-30-19-18(15)31-21(32-19)22-10-23(29,11-22)12-22/h1-3,6,9,13H,4-5,7-8,10-12,28-29H2,(H,30,31,32). The Morgan fingerprint density at radius 3 is 2.51 bits per heavy atom. The van der Waals surface area contributed by atoms with Crippen molar-refractivity contribution in [2.24, 2.45) is 5.73 Å². The van der Waals surface area contributed by atoms with Crippen molar-refractivity contribution in [3.63, 3.8) is 0 Å². The van der Waals surface area contributed by atoms with Crippen molar-refractivity contribution in [1.29, 1.82) is 0 Å². The topological polar surface area (TPSA) is 123 Å². The molecule has 184 valence electrons. The molecule has 8 nitrogen and oxygen atoms in total. The summed E-state index contributed by atoms with van der Waals surface area (Å²) < 4.78 is 41.2. The first-order valence-corrected chi connectivity index (χ1v) is 11.6. The van der Waals surface area contributed by atoms with Crippen molar-refractivity contribution < 1.29 is 22.7 Å². The predicted molar refractivity (Wildman–Crippen MR) is 122 cm³/mol. The fourth-order valence-electron chi connectivity index (χ4n) is 6.12. The van der Waals surface area contributed by atoms with Gasteiger partial charge in [-0.2, -0.15) is 0 Å². The fraction of sp³-hybridized carbons (Fsp3) is 0.458. The van der Waals surface area contributed by atoms with Crippen LogP contribution in [0, 0.1) is 0 Å². The van der Waals surface area contributed by atoms with Gasteiger partial charge >= 0.3 is 6.36 Å². The first kappa shape index (κ1) is 22.1. The second-order valence-electron chi connectivity index (χ2n) is 10.2. The van der Waals surface area contributed by atoms with Crippen LogP contribution < -0.4 is 16.2 Å². The van der Waals surface area contributed by atoms with Gasteiger partial charge in [-0.1, -0.05) is 0 Å². The second kappa shape index (κ2) is 7.33. The van der Waals surface area contributed by atoms with E-state index in [4.69, 9.17) is 16.5 Å². The van der Waals surface area contributed by atoms with Gasteiger partial charge in [0, 0.05) is 42.0 Å². The number of carbonyl (C=O) groups excluding carboxylic acids is 1. The molecule has 35 heavy (non-hydrogen) atoms. The van der Waals surface area contributed by atoms with E-state index in [1.807, 2.05) is 6.07 Å². The van der Waals surface area contributed by atoms with Crippen LogP contribution in [0.15, 0.2) is 30.5 Å². The summed E-state index contributed by atoms with van der Waals surface area (Å²) in [5.74, 6) is 0.432. The normalized spacial score (nSPS) is 26.3. The smallest absolute Gasteiger partial charge is 0.406 e. The quantitative estimate of drug-likeness (QED) is 0.485. The Morgan fingerprint density at radius 1 is 1.17 bits per heavy atom. The number of alkyl halides is 3. The molecule has 1 aromatic carbocycles. The molecule has 1 saturated heterocycles. The van der Waals surface area contributed by atoms with Crippen molar-refractivity contribution in [3.05, 3.63) is 47.4 Å². The number of nitrogens with two attached hydrogens (primary N) is 2. The lowest BCUT2D eigenvalue weighted by Crippen LogP contribution is -2.74. The molecule has 5 N–H and O–H groups in total. The molecule has 11 heteroatoms. The lowest BCUT2D eigenvalue weighted by molar-refractivity contribution is -0.274. The molecule has 2 aromatic heterocycles. The fourth-order valence-corrected chi connectivity index (χ4v) is 6.12. The van der Waals surface area contributed by atoms with E-state index in [0.29, 0.717) is 13.1 Å². The van der Waals surface area contributed by atoms with Gasteiger partial charge in [0.15, 0.2) is 5.65 Å². The van der Waals surface area contributed by atoms with Gasteiger partial charge in [0.1, 0.15) is 17.1 Å². The van der Waals surface area contributed by atoms with Crippen molar-refractivity contribution in [2.45, 2.75) is 55.3 Å². The van der Waals surface area contributed by atoms with Gasteiger partial charge in [-0.3, -0.25) is 4.79 Å². The van der Waals surface area contributed by atoms with E-state index >= 15 is 0 Å². The molecule has 3 aromatic rings. The lowest BCUT2D eigenvalue weighted by Gasteiger charge is -2.67. The average Bonchev–Trinajstić information content (AvgIpc) is 3.19. The Morgan fingerprint density at radius 2 is 1.89 bits per heavy atom. The molecule has 0 unspecified atom stereocenters. The van der Waals surface area contributed by atoms with E-state index in [1.165, 1.54) is 6.07 Å². The van der Waals surface area contributed by atoms with Gasteiger partial charge in [0.05, 0.1) is 5.56 Å². The number of H-pyrrole nitrogens is 1. The third-order valence-electron chi connectivity index (χ3n) is 7.70. The maximum Gasteiger partial charge on any atom is 0.573 e. The van der Waals surface area contributed by atoms with Crippen LogP contribution in [0.3, 0.4) is 0 Å². The number of amides is 1. The summed E-state index contributed by atoms with van der Waals surface area (Å²) in [6.07, 6.45) is 1.32. The number of aromatic amines is 1. The van der Waals surface area contributed by atoms with Gasteiger partial charge in [-0.05, 0) is 61.8 Å². The number of hydrogen-bond donors (Lipinski definition) is 3. The van der Waals surface area contributed by atoms with Crippen molar-refractivity contribution >= 4 is 22.8 Å². The number of anilines is 1. The molecule has 3 saturated carbocycles. The maximum atomic E-state index is 13.0. The highest BCUT2D eigenvalue weighted by atomic mass is 19.4. The van der Waals surface area contributed by atoms with Gasteiger partial charge < -0.3 is 26.1 Å². The first-order valence-electron chi connectivity index (χ1n) is 11.6. The highest BCUT2D eigenvalue weighted by molar-refractivity contribution is 5.99. The van der Waals surface area contributed by atoms with Crippen molar-refractivity contribution in [3.8, 4) is 5.75 Å². The zero-order valence-electron chi connectivity index (χ0n) is 18.9. The number of nitrogen functional groups attached to an aromatic ring is 1. The Balaban J connectivity index is 1.15. The third-order valence-corrected chi connectivity index (χ3v) is 7.70. The number of fused-ring (bicyclic) bond motifs is 1. The van der Waals surface area contributed by atoms with Crippen LogP contribution in [-0.4, -0.2) is 50.7 Å². The Labute approximate surface area is 198 Å². The number of halogens is 3. The molecule has 7 rings (SSSR count). The lowest BCUT2D eigenvalue weighted by atomic mass is 9.39. The minimum absolute atomic E-state index is 0.0102. The van der Waals surface area contributed by atoms with Crippen LogP contribution in [0.25, 0.3) is 11.2 Å². The summed E-state index contributed by atoms with van der Waals surface area (Å²) in [5, 5.41) is 0. The van der Waals surface area contributed by atoms with Crippen LogP contribution >= 0.6 is 0 Å². The van der Waals surface area contributed by atoms with Crippen LogP contribution in [-0.2, 0) is 5.41 Å². The molecule has 0 atom stereocenters. The minimum Gasteiger partial charge on any atom is -0.406 e. The minimum atomic E-state index is -4.82. The SMILES string of the molecule is Nc1cc(OC(F)(F)F)ccc1C(=O)N1CCC(c2ccnc3[nH]c(C45CC(N)(C4)C5)nc23)CC1. The highest BCUT2D eigenvalue weighted by Crippen LogP contribution is 2.65. The first-order chi connectivity index (χ1) is 16.5. The van der Waals surface area contributed by atoms with Crippen molar-refractivity contribution in [2.75, 3.05) is 18.8 Å². The van der Waals surface area contributed by atoms with Gasteiger partial charge in [-0.25, -0.2) is 9.97 Å². The van der Waals surface area contributed by atoms with Gasteiger partial charge in [-0.15, -0.1) is 13.2 Å². The molecule has 1 amide bonds. The van der Waals surface area contributed by atoms with E-state index in [0.717, 1.165) is 66.8 Å². The number of likely N-dealkylation sites (tertiary alicyclic amines) is 1. The van der Waals surface area contributed by atoms with Crippen molar-refractivity contribution in [1.82, 2.24) is 19.9 Å². The zero-order valence-corrected chi connectivity index (χ0v) is 18.9. The molecule has 1 aliphatic heterocycles. The summed E-state index contributed by atoms with van der Waals surface area (Å²) in [5.41, 5.74) is 15.1. The van der Waals surface area contributed by atoms with Gasteiger partial charge in [0.25, 0.3) is 5.91 Å². The number of rotatable bonds is 4. The zero-order chi connectivity index (χ0) is 24.6. The number of nitrogens with zero attached hydrogens (tertiary/aromatic N) is 3. The molecular formula is C24H25F3N6O2. The molecule has 0 radical (unpaired) electrons. The summed E-state index contributed by atoms with van der Waals surface area (Å²) in [4.78, 5) is 27.5. The van der Waals surface area contributed by atoms with E-state index in [1.54, 1.807) is 11.1 Å². The average molecular weight is 486 g/mol. The molecule has 3 heterocycles. The van der Waals surface area contributed by atoms with E-state index in [2.05, 4.69) is 14.7 Å². The molecule has 2 bridgehead atoms. The van der Waals surface area contributed by atoms with E-state index in [-0.39, 0.29) is 34.0 Å². The molecular weight excluding hydrogens is 461 g/mol. The third kappa shape index (κ3) is 3.69. The maximum absolute atomic E-state index is 13.0. The van der Waals surface area contributed by atoms with E-state index in [9.17, 15) is 18.0 Å². The summed E-state index contributed by atoms with van der Waals surface area (Å²) in [6.45, 7) is 1.01. The molecule has 3 aliphatic carbocycles. The van der Waals surface area contributed by atoms with Crippen LogP contribution in [0.5, 0.6) is 5.75 Å². The predicted octanol–water partition coefficient (Wildman–Crippen LogP) is 3.59. The number of benzene rings is 1. The number of pyridine rings is 1.